The van der Waals surface area contributed by atoms with Crippen LogP contribution in [0.5, 0.6) is 0 Å². The predicted octanol–water partition coefficient (Wildman–Crippen LogP) is 5.30. The van der Waals surface area contributed by atoms with E-state index in [-0.39, 0.29) is 39.7 Å². The SMILES string of the molecule is CCOC(=O)C(CC1CCOCC1)c1ccc2c(c1)N(OC(=O)OC(C)(C)C)c1ccccc1S2(=O)=O. The zero-order valence-electron chi connectivity index (χ0n) is 21.6. The van der Waals surface area contributed by atoms with Gasteiger partial charge in [-0.2, -0.15) is 5.06 Å². The second-order valence-electron chi connectivity index (χ2n) is 10.1. The van der Waals surface area contributed by atoms with Gasteiger partial charge in [-0.25, -0.2) is 13.2 Å². The monoisotopic (exact) mass is 531 g/mol. The normalized spacial score (nSPS) is 17.8. The lowest BCUT2D eigenvalue weighted by Crippen LogP contribution is -2.33. The Morgan fingerprint density at radius 1 is 1.05 bits per heavy atom. The number of nitrogens with zero attached hydrogens (tertiary/aromatic N) is 1. The van der Waals surface area contributed by atoms with E-state index in [1.54, 1.807) is 58.0 Å². The van der Waals surface area contributed by atoms with E-state index in [9.17, 15) is 18.0 Å². The van der Waals surface area contributed by atoms with E-state index in [1.165, 1.54) is 17.2 Å². The van der Waals surface area contributed by atoms with Crippen molar-refractivity contribution in [3.8, 4) is 0 Å². The van der Waals surface area contributed by atoms with Gasteiger partial charge in [-0.05, 0) is 82.7 Å². The van der Waals surface area contributed by atoms with Crippen molar-refractivity contribution >= 4 is 33.3 Å². The number of ether oxygens (including phenoxy) is 3. The highest BCUT2D eigenvalue weighted by atomic mass is 32.2. The fourth-order valence-electron chi connectivity index (χ4n) is 4.61. The van der Waals surface area contributed by atoms with Gasteiger partial charge in [-0.15, -0.1) is 0 Å². The Labute approximate surface area is 217 Å². The molecule has 0 bridgehead atoms. The molecule has 0 radical (unpaired) electrons. The molecule has 1 atom stereocenters. The highest BCUT2D eigenvalue weighted by Crippen LogP contribution is 2.46. The number of sulfone groups is 1. The van der Waals surface area contributed by atoms with E-state index >= 15 is 0 Å². The van der Waals surface area contributed by atoms with Crippen LogP contribution in [0.15, 0.2) is 52.3 Å². The average Bonchev–Trinajstić information content (AvgIpc) is 2.84. The maximum atomic E-state index is 13.5. The van der Waals surface area contributed by atoms with Crippen molar-refractivity contribution in [1.82, 2.24) is 0 Å². The lowest BCUT2D eigenvalue weighted by atomic mass is 9.85. The van der Waals surface area contributed by atoms with Crippen LogP contribution in [0.2, 0.25) is 0 Å². The summed E-state index contributed by atoms with van der Waals surface area (Å²) >= 11 is 0. The Morgan fingerprint density at radius 3 is 2.41 bits per heavy atom. The Kier molecular flexibility index (Phi) is 7.80. The molecule has 2 heterocycles. The maximum absolute atomic E-state index is 13.5. The van der Waals surface area contributed by atoms with Crippen molar-refractivity contribution < 1.29 is 37.1 Å². The van der Waals surface area contributed by atoms with Crippen LogP contribution in [0.1, 0.15) is 58.4 Å². The third kappa shape index (κ3) is 5.91. The fraction of sp³-hybridized carbons (Fsp3) is 0.481. The van der Waals surface area contributed by atoms with E-state index in [1.807, 2.05) is 0 Å². The first kappa shape index (κ1) is 26.9. The number of carbonyl (C=O) groups excluding carboxylic acids is 2. The lowest BCUT2D eigenvalue weighted by Gasteiger charge is -2.32. The molecular weight excluding hydrogens is 498 g/mol. The number of carbonyl (C=O) groups is 2. The van der Waals surface area contributed by atoms with Gasteiger partial charge < -0.3 is 19.0 Å². The van der Waals surface area contributed by atoms with Gasteiger partial charge in [0.25, 0.3) is 0 Å². The minimum Gasteiger partial charge on any atom is -0.466 e. The standard InChI is InChI=1S/C27H33NO8S/c1-5-34-25(29)20(16-18-12-14-33-15-13-18)19-10-11-24-22(17-19)28(36-26(30)35-27(2,3)4)21-8-6-7-9-23(21)37(24,31)32/h6-11,17-18,20H,5,12-16H2,1-4H3. The van der Waals surface area contributed by atoms with Crippen LogP contribution in [-0.4, -0.2) is 46.0 Å². The number of hydrogen-bond donors (Lipinski definition) is 0. The second kappa shape index (κ2) is 10.7. The zero-order chi connectivity index (χ0) is 26.8. The highest BCUT2D eigenvalue weighted by molar-refractivity contribution is 7.92. The fourth-order valence-corrected chi connectivity index (χ4v) is 6.19. The minimum atomic E-state index is -3.91. The van der Waals surface area contributed by atoms with Crippen molar-refractivity contribution in [2.75, 3.05) is 24.9 Å². The molecule has 2 aliphatic rings. The molecule has 0 spiro atoms. The van der Waals surface area contributed by atoms with Gasteiger partial charge in [-0.1, -0.05) is 18.2 Å². The Bertz CT molecular complexity index is 1260. The molecule has 9 nitrogen and oxygen atoms in total. The summed E-state index contributed by atoms with van der Waals surface area (Å²) < 4.78 is 43.1. The molecule has 0 N–H and O–H groups in total. The van der Waals surface area contributed by atoms with E-state index in [0.717, 1.165) is 12.8 Å². The summed E-state index contributed by atoms with van der Waals surface area (Å²) in [5, 5.41) is 1.17. The first-order chi connectivity index (χ1) is 17.5. The number of anilines is 2. The Balaban J connectivity index is 1.79. The molecule has 0 amide bonds. The van der Waals surface area contributed by atoms with Crippen molar-refractivity contribution in [3.63, 3.8) is 0 Å². The van der Waals surface area contributed by atoms with Gasteiger partial charge in [0.05, 0.1) is 22.3 Å². The topological polar surface area (TPSA) is 108 Å². The molecule has 37 heavy (non-hydrogen) atoms. The molecule has 2 aromatic rings. The average molecular weight is 532 g/mol. The van der Waals surface area contributed by atoms with Crippen LogP contribution in [0.3, 0.4) is 0 Å². The molecular formula is C27H33NO8S. The smallest absolute Gasteiger partial charge is 0.466 e. The van der Waals surface area contributed by atoms with Gasteiger partial charge in [-0.3, -0.25) is 4.79 Å². The predicted molar refractivity (Wildman–Crippen MR) is 135 cm³/mol. The zero-order valence-corrected chi connectivity index (χ0v) is 22.4. The number of hydrogen-bond acceptors (Lipinski definition) is 9. The van der Waals surface area contributed by atoms with Crippen LogP contribution >= 0.6 is 0 Å². The number of rotatable bonds is 6. The van der Waals surface area contributed by atoms with Gasteiger partial charge in [0.1, 0.15) is 17.0 Å². The van der Waals surface area contributed by atoms with E-state index in [2.05, 4.69) is 0 Å². The van der Waals surface area contributed by atoms with Crippen LogP contribution in [-0.2, 0) is 33.7 Å². The Hall–Kier alpha value is -3.11. The van der Waals surface area contributed by atoms with Gasteiger partial charge in [0, 0.05) is 13.2 Å². The first-order valence-corrected chi connectivity index (χ1v) is 13.9. The molecule has 0 aromatic heterocycles. The molecule has 10 heteroatoms. The van der Waals surface area contributed by atoms with Gasteiger partial charge in [0.2, 0.25) is 9.84 Å². The summed E-state index contributed by atoms with van der Waals surface area (Å²) in [6.45, 7) is 8.35. The Morgan fingerprint density at radius 2 is 1.73 bits per heavy atom. The van der Waals surface area contributed by atoms with E-state index < -0.39 is 27.5 Å². The highest BCUT2D eigenvalue weighted by Gasteiger charge is 2.38. The van der Waals surface area contributed by atoms with Crippen LogP contribution in [0.4, 0.5) is 16.2 Å². The number of para-hydroxylation sites is 1. The number of benzene rings is 2. The molecule has 0 saturated carbocycles. The van der Waals surface area contributed by atoms with Gasteiger partial charge >= 0.3 is 12.1 Å². The van der Waals surface area contributed by atoms with Crippen LogP contribution in [0.25, 0.3) is 0 Å². The third-order valence-electron chi connectivity index (χ3n) is 6.30. The van der Waals surface area contributed by atoms with Crippen molar-refractivity contribution in [3.05, 3.63) is 48.0 Å². The van der Waals surface area contributed by atoms with Crippen molar-refractivity contribution in [2.45, 2.75) is 68.3 Å². The molecule has 4 rings (SSSR count). The summed E-state index contributed by atoms with van der Waals surface area (Å²) in [5.74, 6) is -0.734. The minimum absolute atomic E-state index is 0.00274. The first-order valence-electron chi connectivity index (χ1n) is 12.4. The van der Waals surface area contributed by atoms with E-state index in [4.69, 9.17) is 19.0 Å². The summed E-state index contributed by atoms with van der Waals surface area (Å²) in [7, 11) is -3.91. The van der Waals surface area contributed by atoms with E-state index in [0.29, 0.717) is 25.2 Å². The summed E-state index contributed by atoms with van der Waals surface area (Å²) in [5.41, 5.74) is 0.0662. The third-order valence-corrected chi connectivity index (χ3v) is 8.15. The molecule has 1 fully saturated rings. The van der Waals surface area contributed by atoms with Gasteiger partial charge in [0.15, 0.2) is 0 Å². The summed E-state index contributed by atoms with van der Waals surface area (Å²) in [6, 6.07) is 11.0. The molecule has 200 valence electrons. The van der Waals surface area contributed by atoms with Crippen molar-refractivity contribution in [2.24, 2.45) is 5.92 Å². The van der Waals surface area contributed by atoms with Crippen LogP contribution < -0.4 is 5.06 Å². The molecule has 2 aromatic carbocycles. The van der Waals surface area contributed by atoms with Crippen LogP contribution in [0, 0.1) is 5.92 Å². The number of esters is 1. The maximum Gasteiger partial charge on any atom is 0.534 e. The number of fused-ring (bicyclic) bond motifs is 2. The van der Waals surface area contributed by atoms with Crippen molar-refractivity contribution in [1.29, 1.82) is 0 Å². The second-order valence-corrected chi connectivity index (χ2v) is 12.0. The quantitative estimate of drug-likeness (QED) is 0.459. The molecule has 1 unspecified atom stereocenters. The summed E-state index contributed by atoms with van der Waals surface area (Å²) in [4.78, 5) is 31.2. The largest absolute Gasteiger partial charge is 0.534 e. The molecule has 1 saturated heterocycles. The molecule has 0 aliphatic carbocycles. The molecule has 2 aliphatic heterocycles. The summed E-state index contributed by atoms with van der Waals surface area (Å²) in [6.07, 6.45) is 1.21. The lowest BCUT2D eigenvalue weighted by molar-refractivity contribution is -0.145.